The summed E-state index contributed by atoms with van der Waals surface area (Å²) in [4.78, 5) is 8.55. The van der Waals surface area contributed by atoms with Crippen molar-refractivity contribution in [2.45, 2.75) is 52.5 Å². The molecule has 0 bridgehead atoms. The van der Waals surface area contributed by atoms with Crippen molar-refractivity contribution in [2.24, 2.45) is 0 Å². The second kappa shape index (κ2) is 7.16. The second-order valence-corrected chi connectivity index (χ2v) is 4.60. The molecule has 0 aliphatic carbocycles. The van der Waals surface area contributed by atoms with E-state index in [0.717, 1.165) is 37.4 Å². The van der Waals surface area contributed by atoms with Crippen molar-refractivity contribution < 1.29 is 4.74 Å². The fourth-order valence-electron chi connectivity index (χ4n) is 2.22. The zero-order valence-corrected chi connectivity index (χ0v) is 12.7. The topological polar surface area (TPSA) is 59.1 Å². The van der Waals surface area contributed by atoms with Crippen LogP contribution in [-0.2, 0) is 0 Å². The standard InChI is InChI=1S/C14H26N4O/c1-6-14(7-2,8-3)18-13-11(19-5)12(15-9-4)16-10-17-13/h10H,6-9H2,1-5H3,(H2,15,16,17,18). The van der Waals surface area contributed by atoms with Gasteiger partial charge in [-0.15, -0.1) is 0 Å². The van der Waals surface area contributed by atoms with Crippen LogP contribution >= 0.6 is 0 Å². The zero-order valence-electron chi connectivity index (χ0n) is 12.7. The van der Waals surface area contributed by atoms with Crippen LogP contribution in [0.3, 0.4) is 0 Å². The second-order valence-electron chi connectivity index (χ2n) is 4.60. The molecule has 0 spiro atoms. The Kier molecular flexibility index (Phi) is 5.86. The lowest BCUT2D eigenvalue weighted by Gasteiger charge is -2.33. The number of methoxy groups -OCH3 is 1. The smallest absolute Gasteiger partial charge is 0.204 e. The van der Waals surface area contributed by atoms with Gasteiger partial charge < -0.3 is 15.4 Å². The Hall–Kier alpha value is -1.52. The van der Waals surface area contributed by atoms with Crippen molar-refractivity contribution in [1.82, 2.24) is 9.97 Å². The van der Waals surface area contributed by atoms with Crippen molar-refractivity contribution in [3.63, 3.8) is 0 Å². The molecular formula is C14H26N4O. The minimum absolute atomic E-state index is 0.0606. The summed E-state index contributed by atoms with van der Waals surface area (Å²) in [6.45, 7) is 9.41. The van der Waals surface area contributed by atoms with Gasteiger partial charge >= 0.3 is 0 Å². The van der Waals surface area contributed by atoms with E-state index in [0.29, 0.717) is 5.75 Å². The van der Waals surface area contributed by atoms with Crippen LogP contribution in [0.25, 0.3) is 0 Å². The Balaban J connectivity index is 3.09. The van der Waals surface area contributed by atoms with E-state index in [1.54, 1.807) is 13.4 Å². The molecule has 0 aromatic carbocycles. The molecule has 0 unspecified atom stereocenters. The monoisotopic (exact) mass is 266 g/mol. The van der Waals surface area contributed by atoms with Crippen molar-refractivity contribution in [3.8, 4) is 5.75 Å². The molecular weight excluding hydrogens is 240 g/mol. The summed E-state index contributed by atoms with van der Waals surface area (Å²) in [6.07, 6.45) is 4.70. The first-order chi connectivity index (χ1) is 9.16. The first-order valence-electron chi connectivity index (χ1n) is 7.07. The van der Waals surface area contributed by atoms with Crippen LogP contribution in [0.4, 0.5) is 11.6 Å². The highest BCUT2D eigenvalue weighted by Crippen LogP contribution is 2.33. The molecule has 1 rings (SSSR count). The van der Waals surface area contributed by atoms with Crippen molar-refractivity contribution >= 4 is 11.6 Å². The van der Waals surface area contributed by atoms with Gasteiger partial charge in [0.2, 0.25) is 5.75 Å². The van der Waals surface area contributed by atoms with Crippen molar-refractivity contribution in [1.29, 1.82) is 0 Å². The molecule has 5 heteroatoms. The molecule has 1 aromatic heterocycles. The van der Waals surface area contributed by atoms with Gasteiger partial charge in [-0.05, 0) is 26.2 Å². The molecule has 0 radical (unpaired) electrons. The van der Waals surface area contributed by atoms with Crippen LogP contribution in [0, 0.1) is 0 Å². The van der Waals surface area contributed by atoms with E-state index in [2.05, 4.69) is 41.4 Å². The lowest BCUT2D eigenvalue weighted by atomic mass is 9.90. The third kappa shape index (κ3) is 3.49. The van der Waals surface area contributed by atoms with Gasteiger partial charge in [-0.3, -0.25) is 0 Å². The summed E-state index contributed by atoms with van der Waals surface area (Å²) in [7, 11) is 1.65. The summed E-state index contributed by atoms with van der Waals surface area (Å²) in [6, 6.07) is 0. The van der Waals surface area contributed by atoms with Crippen LogP contribution in [0.15, 0.2) is 6.33 Å². The number of aromatic nitrogens is 2. The van der Waals surface area contributed by atoms with Crippen LogP contribution in [0.2, 0.25) is 0 Å². The van der Waals surface area contributed by atoms with Crippen LogP contribution < -0.4 is 15.4 Å². The van der Waals surface area contributed by atoms with Crippen LogP contribution in [0.5, 0.6) is 5.75 Å². The number of hydrogen-bond acceptors (Lipinski definition) is 5. The molecule has 0 aliphatic rings. The number of hydrogen-bond donors (Lipinski definition) is 2. The largest absolute Gasteiger partial charge is 0.490 e. The third-order valence-electron chi connectivity index (χ3n) is 3.77. The van der Waals surface area contributed by atoms with E-state index in [-0.39, 0.29) is 5.54 Å². The average Bonchev–Trinajstić information content (AvgIpc) is 2.45. The number of nitrogens with zero attached hydrogens (tertiary/aromatic N) is 2. The molecule has 0 saturated carbocycles. The van der Waals surface area contributed by atoms with Gasteiger partial charge in [0.25, 0.3) is 0 Å². The normalized spacial score (nSPS) is 11.2. The zero-order chi connectivity index (χ0) is 14.3. The molecule has 19 heavy (non-hydrogen) atoms. The Morgan fingerprint density at radius 1 is 1.05 bits per heavy atom. The quantitative estimate of drug-likeness (QED) is 0.756. The number of ether oxygens (including phenoxy) is 1. The first-order valence-corrected chi connectivity index (χ1v) is 7.07. The minimum Gasteiger partial charge on any atom is -0.490 e. The van der Waals surface area contributed by atoms with Gasteiger partial charge in [0.15, 0.2) is 11.6 Å². The third-order valence-corrected chi connectivity index (χ3v) is 3.77. The van der Waals surface area contributed by atoms with Crippen molar-refractivity contribution in [3.05, 3.63) is 6.33 Å². The Morgan fingerprint density at radius 2 is 1.63 bits per heavy atom. The number of anilines is 2. The SMILES string of the molecule is CCNc1ncnc(NC(CC)(CC)CC)c1OC. The molecule has 1 heterocycles. The lowest BCUT2D eigenvalue weighted by Crippen LogP contribution is -2.36. The van der Waals surface area contributed by atoms with Gasteiger partial charge in [-0.25, -0.2) is 9.97 Å². The van der Waals surface area contributed by atoms with Gasteiger partial charge in [-0.1, -0.05) is 20.8 Å². The van der Waals surface area contributed by atoms with Gasteiger partial charge in [-0.2, -0.15) is 0 Å². The van der Waals surface area contributed by atoms with E-state index in [9.17, 15) is 0 Å². The Labute approximate surface area is 116 Å². The Bertz CT molecular complexity index is 383. The maximum Gasteiger partial charge on any atom is 0.204 e. The van der Waals surface area contributed by atoms with E-state index in [1.807, 2.05) is 6.92 Å². The van der Waals surface area contributed by atoms with E-state index in [1.165, 1.54) is 0 Å². The summed E-state index contributed by atoms with van der Waals surface area (Å²) in [5.41, 5.74) is 0.0606. The highest BCUT2D eigenvalue weighted by Gasteiger charge is 2.26. The molecule has 5 nitrogen and oxygen atoms in total. The molecule has 0 atom stereocenters. The maximum atomic E-state index is 5.46. The number of rotatable bonds is 8. The highest BCUT2D eigenvalue weighted by atomic mass is 16.5. The molecule has 0 amide bonds. The highest BCUT2D eigenvalue weighted by molar-refractivity contribution is 5.64. The molecule has 1 aromatic rings. The van der Waals surface area contributed by atoms with Gasteiger partial charge in [0, 0.05) is 12.1 Å². The minimum atomic E-state index is 0.0606. The van der Waals surface area contributed by atoms with E-state index < -0.39 is 0 Å². The van der Waals surface area contributed by atoms with Crippen LogP contribution in [0.1, 0.15) is 47.0 Å². The molecule has 108 valence electrons. The van der Waals surface area contributed by atoms with Gasteiger partial charge in [0.05, 0.1) is 7.11 Å². The first kappa shape index (κ1) is 15.5. The summed E-state index contributed by atoms with van der Waals surface area (Å²) in [5, 5.41) is 6.73. The van der Waals surface area contributed by atoms with E-state index >= 15 is 0 Å². The maximum absolute atomic E-state index is 5.46. The number of nitrogens with one attached hydrogen (secondary N) is 2. The average molecular weight is 266 g/mol. The lowest BCUT2D eigenvalue weighted by molar-refractivity contribution is 0.397. The molecule has 0 fully saturated rings. The predicted octanol–water partition coefficient (Wildman–Crippen LogP) is 3.30. The van der Waals surface area contributed by atoms with E-state index in [4.69, 9.17) is 4.74 Å². The summed E-state index contributed by atoms with van der Waals surface area (Å²) in [5.74, 6) is 2.18. The predicted molar refractivity (Wildman–Crippen MR) is 80.0 cm³/mol. The molecule has 2 N–H and O–H groups in total. The Morgan fingerprint density at radius 3 is 2.11 bits per heavy atom. The fourth-order valence-corrected chi connectivity index (χ4v) is 2.22. The molecule has 0 saturated heterocycles. The fraction of sp³-hybridized carbons (Fsp3) is 0.714. The van der Waals surface area contributed by atoms with Crippen molar-refractivity contribution in [2.75, 3.05) is 24.3 Å². The van der Waals surface area contributed by atoms with Gasteiger partial charge in [0.1, 0.15) is 6.33 Å². The summed E-state index contributed by atoms with van der Waals surface area (Å²) >= 11 is 0. The summed E-state index contributed by atoms with van der Waals surface area (Å²) < 4.78 is 5.46. The molecule has 0 aliphatic heterocycles. The van der Waals surface area contributed by atoms with Crippen LogP contribution in [-0.4, -0.2) is 29.2 Å².